The van der Waals surface area contributed by atoms with E-state index < -0.39 is 0 Å². The summed E-state index contributed by atoms with van der Waals surface area (Å²) < 4.78 is 0. The minimum Gasteiger partial charge on any atom is -0.218 e. The molecule has 1 aromatic rings. The molecule has 0 saturated heterocycles. The molecule has 0 aromatic carbocycles. The third kappa shape index (κ3) is 36.4. The summed E-state index contributed by atoms with van der Waals surface area (Å²) in [5.41, 5.74) is 0. The monoisotopic (exact) mass is 739 g/mol. The quantitative estimate of drug-likeness (QED) is 0.0626. The van der Waals surface area contributed by atoms with Gasteiger partial charge >= 0.3 is 0 Å². The lowest BCUT2D eigenvalue weighted by molar-refractivity contribution is 0.520. The minimum atomic E-state index is 0.863. The molecule has 0 aliphatic carbocycles. The lowest BCUT2D eigenvalue weighted by atomic mass is 10.0. The molecule has 0 fully saturated rings. The van der Waals surface area contributed by atoms with Crippen LogP contribution in [0.3, 0.4) is 0 Å². The predicted octanol–water partition coefficient (Wildman–Crippen LogP) is 17.4. The van der Waals surface area contributed by atoms with Crippen LogP contribution >= 0.6 is 0 Å². The van der Waals surface area contributed by atoms with Crippen LogP contribution in [0, 0.1) is 6.92 Å². The molecular weight excluding hydrogens is 643 g/mol. The molecule has 53 heavy (non-hydrogen) atoms. The van der Waals surface area contributed by atoms with E-state index in [-0.39, 0.29) is 0 Å². The van der Waals surface area contributed by atoms with Crippen molar-refractivity contribution in [3.63, 3.8) is 0 Å². The van der Waals surface area contributed by atoms with E-state index in [1.165, 1.54) is 257 Å². The average molecular weight is 739 g/mol. The van der Waals surface area contributed by atoms with E-state index in [4.69, 9.17) is 15.0 Å². The summed E-state index contributed by atoms with van der Waals surface area (Å²) in [6.45, 7) is 8.67. The molecule has 0 aliphatic heterocycles. The number of aromatic nitrogens is 3. The second-order valence-corrected chi connectivity index (χ2v) is 17.1. The fraction of sp³-hybridized carbons (Fsp3) is 0.920. The van der Waals surface area contributed by atoms with Gasteiger partial charge in [-0.1, -0.05) is 265 Å². The van der Waals surface area contributed by atoms with E-state index in [2.05, 4.69) is 20.8 Å². The van der Waals surface area contributed by atoms with Gasteiger partial charge in [0, 0.05) is 19.3 Å². The molecule has 0 amide bonds. The molecule has 0 bridgehead atoms. The van der Waals surface area contributed by atoms with Crippen molar-refractivity contribution in [1.82, 2.24) is 15.0 Å². The van der Waals surface area contributed by atoms with Crippen molar-refractivity contribution < 1.29 is 0 Å². The molecule has 0 spiro atoms. The summed E-state index contributed by atoms with van der Waals surface area (Å²) in [5, 5.41) is 0. The first-order chi connectivity index (χ1) is 26.3. The summed E-state index contributed by atoms with van der Waals surface area (Å²) in [6.07, 6.45) is 60.7. The first-order valence-electron chi connectivity index (χ1n) is 24.8. The van der Waals surface area contributed by atoms with Crippen LogP contribution in [-0.2, 0) is 19.3 Å². The van der Waals surface area contributed by atoms with Crippen molar-refractivity contribution >= 4 is 0 Å². The van der Waals surface area contributed by atoms with Crippen molar-refractivity contribution in [2.45, 2.75) is 296 Å². The van der Waals surface area contributed by atoms with Gasteiger partial charge in [0.25, 0.3) is 0 Å². The lowest BCUT2D eigenvalue weighted by Crippen LogP contribution is -2.08. The molecule has 0 saturated carbocycles. The highest BCUT2D eigenvalue weighted by atomic mass is 15.0. The van der Waals surface area contributed by atoms with Crippen LogP contribution in [0.15, 0.2) is 0 Å². The molecule has 1 radical (unpaired) electrons. The van der Waals surface area contributed by atoms with Crippen LogP contribution in [0.2, 0.25) is 0 Å². The summed E-state index contributed by atoms with van der Waals surface area (Å²) in [4.78, 5) is 14.5. The second kappa shape index (κ2) is 42.2. The number of unbranched alkanes of at least 4 members (excludes halogenated alkanes) is 38. The Labute approximate surface area is 334 Å². The Hall–Kier alpha value is -0.990. The standard InChI is InChI=1S/C50H96N3/c1-4-7-9-11-13-15-17-19-21-23-25-27-29-31-33-35-37-39-41-43-46-49-51-48(45-6-3)52-50(53-49)47-44-42-40-38-36-34-32-30-28-26-24-22-20-18-16-14-12-10-8-5-2/h3-47H2,1-2H3. The lowest BCUT2D eigenvalue weighted by Gasteiger charge is -2.08. The van der Waals surface area contributed by atoms with Gasteiger partial charge in [0.1, 0.15) is 17.5 Å². The van der Waals surface area contributed by atoms with Gasteiger partial charge in [-0.05, 0) is 19.3 Å². The number of hydrogen-bond acceptors (Lipinski definition) is 3. The van der Waals surface area contributed by atoms with Crippen LogP contribution in [0.1, 0.15) is 295 Å². The maximum absolute atomic E-state index is 4.91. The van der Waals surface area contributed by atoms with Crippen molar-refractivity contribution in [3.05, 3.63) is 24.4 Å². The molecule has 1 rings (SSSR count). The Morgan fingerprint density at radius 3 is 0.604 bits per heavy atom. The molecule has 0 N–H and O–H groups in total. The molecule has 1 aromatic heterocycles. The average Bonchev–Trinajstić information content (AvgIpc) is 3.16. The van der Waals surface area contributed by atoms with Gasteiger partial charge in [-0.25, -0.2) is 15.0 Å². The van der Waals surface area contributed by atoms with Crippen molar-refractivity contribution in [2.75, 3.05) is 0 Å². The zero-order valence-corrected chi connectivity index (χ0v) is 36.7. The molecule has 311 valence electrons. The highest BCUT2D eigenvalue weighted by Gasteiger charge is 2.07. The van der Waals surface area contributed by atoms with E-state index in [1.54, 1.807) is 0 Å². The fourth-order valence-corrected chi connectivity index (χ4v) is 8.09. The predicted molar refractivity (Wildman–Crippen MR) is 237 cm³/mol. The molecule has 3 nitrogen and oxygen atoms in total. The number of rotatable bonds is 44. The number of nitrogens with zero attached hydrogens (tertiary/aromatic N) is 3. The van der Waals surface area contributed by atoms with Crippen molar-refractivity contribution in [1.29, 1.82) is 0 Å². The van der Waals surface area contributed by atoms with Crippen LogP contribution in [0.25, 0.3) is 0 Å². The van der Waals surface area contributed by atoms with Crippen LogP contribution in [0.5, 0.6) is 0 Å². The smallest absolute Gasteiger partial charge is 0.132 e. The molecule has 0 atom stereocenters. The zero-order chi connectivity index (χ0) is 38.0. The summed E-state index contributed by atoms with van der Waals surface area (Å²) in [5.74, 6) is 3.05. The Morgan fingerprint density at radius 2 is 0.415 bits per heavy atom. The van der Waals surface area contributed by atoms with Gasteiger partial charge in [-0.3, -0.25) is 0 Å². The molecule has 3 heteroatoms. The summed E-state index contributed by atoms with van der Waals surface area (Å²) >= 11 is 0. The molecule has 0 aliphatic rings. The maximum Gasteiger partial charge on any atom is 0.132 e. The Bertz CT molecular complexity index is 776. The van der Waals surface area contributed by atoms with Crippen LogP contribution in [0.4, 0.5) is 0 Å². The third-order valence-electron chi connectivity index (χ3n) is 11.7. The van der Waals surface area contributed by atoms with Gasteiger partial charge < -0.3 is 0 Å². The van der Waals surface area contributed by atoms with E-state index in [0.29, 0.717) is 0 Å². The summed E-state index contributed by atoms with van der Waals surface area (Å²) in [6, 6.07) is 0. The van der Waals surface area contributed by atoms with E-state index in [0.717, 1.165) is 43.2 Å². The zero-order valence-electron chi connectivity index (χ0n) is 36.7. The first kappa shape index (κ1) is 50.0. The SMILES string of the molecule is [CH2]CCc1nc(CCCCCCCCCCCCCCCCCCCCCC)nc(CCCCCCCCCCCCCCCCCCCCCC)n1. The normalized spacial score (nSPS) is 11.6. The summed E-state index contributed by atoms with van der Waals surface area (Å²) in [7, 11) is 0. The highest BCUT2D eigenvalue weighted by molar-refractivity contribution is 4.99. The Kier molecular flexibility index (Phi) is 39.8. The van der Waals surface area contributed by atoms with Crippen molar-refractivity contribution in [3.8, 4) is 0 Å². The van der Waals surface area contributed by atoms with E-state index >= 15 is 0 Å². The van der Waals surface area contributed by atoms with Crippen LogP contribution in [-0.4, -0.2) is 15.0 Å². The minimum absolute atomic E-state index is 0.863. The fourth-order valence-electron chi connectivity index (χ4n) is 8.09. The highest BCUT2D eigenvalue weighted by Crippen LogP contribution is 2.17. The maximum atomic E-state index is 4.91. The molecule has 1 heterocycles. The van der Waals surface area contributed by atoms with Gasteiger partial charge in [0.2, 0.25) is 0 Å². The number of aryl methyl sites for hydroxylation is 3. The van der Waals surface area contributed by atoms with Gasteiger partial charge in [-0.15, -0.1) is 0 Å². The van der Waals surface area contributed by atoms with Gasteiger partial charge in [0.05, 0.1) is 0 Å². The Balaban J connectivity index is 1.94. The second-order valence-electron chi connectivity index (χ2n) is 17.1. The van der Waals surface area contributed by atoms with E-state index in [9.17, 15) is 0 Å². The Morgan fingerprint density at radius 1 is 0.245 bits per heavy atom. The van der Waals surface area contributed by atoms with Gasteiger partial charge in [-0.2, -0.15) is 0 Å². The molecule has 0 unspecified atom stereocenters. The van der Waals surface area contributed by atoms with Crippen molar-refractivity contribution in [2.24, 2.45) is 0 Å². The molecular formula is C50H96N3. The van der Waals surface area contributed by atoms with Gasteiger partial charge in [0.15, 0.2) is 0 Å². The third-order valence-corrected chi connectivity index (χ3v) is 11.7. The van der Waals surface area contributed by atoms with Crippen LogP contribution < -0.4 is 0 Å². The largest absolute Gasteiger partial charge is 0.218 e. The van der Waals surface area contributed by atoms with E-state index in [1.807, 2.05) is 0 Å². The topological polar surface area (TPSA) is 38.7 Å². The number of hydrogen-bond donors (Lipinski definition) is 0. The first-order valence-corrected chi connectivity index (χ1v) is 24.8.